The standard InChI is InChI=1S/C19H19NO3.C2H4/c1-5-6-16-17(12(2)3)13(4)11-20(18(16)21)15-9-7-14(8-10-15)19(22)23;1-2/h5-10H,2,4,11H2,1,3H3,(H,22,23);1-2H2/b6-5-;. The Labute approximate surface area is 148 Å². The Morgan fingerprint density at radius 3 is 2.24 bits per heavy atom. The molecule has 0 unspecified atom stereocenters. The maximum atomic E-state index is 12.8. The van der Waals surface area contributed by atoms with Crippen LogP contribution < -0.4 is 4.90 Å². The fraction of sp³-hybridized carbons (Fsp3) is 0.143. The summed E-state index contributed by atoms with van der Waals surface area (Å²) in [5, 5.41) is 8.97. The Morgan fingerprint density at radius 2 is 1.80 bits per heavy atom. The van der Waals surface area contributed by atoms with Crippen molar-refractivity contribution in [3.63, 3.8) is 0 Å². The number of amides is 1. The Balaban J connectivity index is 0.00000151. The molecule has 0 aromatic heterocycles. The number of allylic oxidation sites excluding steroid dienone is 2. The van der Waals surface area contributed by atoms with Gasteiger partial charge in [0.15, 0.2) is 0 Å². The molecule has 1 aromatic rings. The van der Waals surface area contributed by atoms with Gasteiger partial charge in [-0.1, -0.05) is 25.3 Å². The van der Waals surface area contributed by atoms with Crippen molar-refractivity contribution < 1.29 is 14.7 Å². The van der Waals surface area contributed by atoms with E-state index < -0.39 is 5.97 Å². The van der Waals surface area contributed by atoms with Crippen LogP contribution in [0.15, 0.2) is 85.0 Å². The molecular weight excluding hydrogens is 314 g/mol. The third-order valence-corrected chi connectivity index (χ3v) is 3.63. The summed E-state index contributed by atoms with van der Waals surface area (Å²) < 4.78 is 0. The van der Waals surface area contributed by atoms with Gasteiger partial charge in [-0.3, -0.25) is 4.79 Å². The molecule has 0 spiro atoms. The highest BCUT2D eigenvalue weighted by atomic mass is 16.4. The first-order chi connectivity index (χ1) is 11.9. The van der Waals surface area contributed by atoms with Gasteiger partial charge < -0.3 is 10.0 Å². The lowest BCUT2D eigenvalue weighted by Crippen LogP contribution is -2.38. The molecule has 130 valence electrons. The van der Waals surface area contributed by atoms with E-state index >= 15 is 0 Å². The molecule has 4 heteroatoms. The molecule has 0 fully saturated rings. The number of rotatable bonds is 4. The van der Waals surface area contributed by atoms with Crippen molar-refractivity contribution in [1.82, 2.24) is 0 Å². The third-order valence-electron chi connectivity index (χ3n) is 3.63. The minimum Gasteiger partial charge on any atom is -0.478 e. The van der Waals surface area contributed by atoms with Gasteiger partial charge >= 0.3 is 5.97 Å². The fourth-order valence-corrected chi connectivity index (χ4v) is 2.63. The second-order valence-electron chi connectivity index (χ2n) is 5.42. The Morgan fingerprint density at radius 1 is 1.24 bits per heavy atom. The minimum absolute atomic E-state index is 0.142. The molecule has 1 aliphatic rings. The topological polar surface area (TPSA) is 57.6 Å². The lowest BCUT2D eigenvalue weighted by Gasteiger charge is -2.31. The van der Waals surface area contributed by atoms with E-state index in [1.807, 2.05) is 13.8 Å². The summed E-state index contributed by atoms with van der Waals surface area (Å²) in [5.74, 6) is -1.14. The second kappa shape index (κ2) is 8.64. The summed E-state index contributed by atoms with van der Waals surface area (Å²) in [6.07, 6.45) is 3.57. The lowest BCUT2D eigenvalue weighted by atomic mass is 9.90. The van der Waals surface area contributed by atoms with Crippen LogP contribution in [-0.4, -0.2) is 23.5 Å². The van der Waals surface area contributed by atoms with E-state index in [-0.39, 0.29) is 11.5 Å². The summed E-state index contributed by atoms with van der Waals surface area (Å²) in [6, 6.07) is 6.24. The van der Waals surface area contributed by atoms with Crippen LogP contribution >= 0.6 is 0 Å². The molecule has 1 N–H and O–H groups in total. The Hall–Kier alpha value is -3.14. The molecule has 0 saturated carbocycles. The summed E-state index contributed by atoms with van der Waals surface area (Å²) in [7, 11) is 0. The summed E-state index contributed by atoms with van der Waals surface area (Å²) in [4.78, 5) is 25.3. The number of aromatic carboxylic acids is 1. The number of nitrogens with zero attached hydrogens (tertiary/aromatic N) is 1. The lowest BCUT2D eigenvalue weighted by molar-refractivity contribution is -0.115. The molecule has 0 radical (unpaired) electrons. The highest BCUT2D eigenvalue weighted by molar-refractivity contribution is 6.11. The molecule has 0 bridgehead atoms. The van der Waals surface area contributed by atoms with Crippen LogP contribution in [0.1, 0.15) is 24.2 Å². The van der Waals surface area contributed by atoms with Gasteiger partial charge in [0.1, 0.15) is 0 Å². The Bertz CT molecular complexity index is 767. The van der Waals surface area contributed by atoms with Gasteiger partial charge in [0.2, 0.25) is 0 Å². The van der Waals surface area contributed by atoms with E-state index in [1.165, 1.54) is 12.1 Å². The molecule has 0 atom stereocenters. The van der Waals surface area contributed by atoms with Gasteiger partial charge in [-0.15, -0.1) is 13.2 Å². The van der Waals surface area contributed by atoms with Crippen LogP contribution in [0.2, 0.25) is 0 Å². The Kier molecular flexibility index (Phi) is 6.88. The van der Waals surface area contributed by atoms with Crippen molar-refractivity contribution in [1.29, 1.82) is 0 Å². The maximum Gasteiger partial charge on any atom is 0.335 e. The van der Waals surface area contributed by atoms with Crippen molar-refractivity contribution in [2.75, 3.05) is 11.4 Å². The number of anilines is 1. The van der Waals surface area contributed by atoms with E-state index in [0.717, 1.165) is 16.7 Å². The fourth-order valence-electron chi connectivity index (χ4n) is 2.63. The zero-order valence-electron chi connectivity index (χ0n) is 14.7. The molecule has 2 rings (SSSR count). The smallest absolute Gasteiger partial charge is 0.335 e. The van der Waals surface area contributed by atoms with Crippen LogP contribution in [0, 0.1) is 0 Å². The van der Waals surface area contributed by atoms with E-state index in [2.05, 4.69) is 26.3 Å². The molecule has 4 nitrogen and oxygen atoms in total. The highest BCUT2D eigenvalue weighted by Gasteiger charge is 2.29. The van der Waals surface area contributed by atoms with Gasteiger partial charge in [0.05, 0.1) is 12.1 Å². The van der Waals surface area contributed by atoms with E-state index in [0.29, 0.717) is 17.8 Å². The van der Waals surface area contributed by atoms with Gasteiger partial charge in [-0.25, -0.2) is 4.79 Å². The van der Waals surface area contributed by atoms with Crippen molar-refractivity contribution in [3.8, 4) is 0 Å². The van der Waals surface area contributed by atoms with Crippen molar-refractivity contribution in [2.45, 2.75) is 13.8 Å². The number of carbonyl (C=O) groups excluding carboxylic acids is 1. The average Bonchev–Trinajstić information content (AvgIpc) is 2.59. The van der Waals surface area contributed by atoms with Crippen molar-refractivity contribution >= 4 is 17.6 Å². The number of hydrogen-bond acceptors (Lipinski definition) is 2. The molecule has 0 aliphatic carbocycles. The minimum atomic E-state index is -0.995. The average molecular weight is 337 g/mol. The molecule has 1 aromatic carbocycles. The first kappa shape index (κ1) is 19.9. The predicted octanol–water partition coefficient (Wildman–Crippen LogP) is 4.54. The van der Waals surface area contributed by atoms with Crippen LogP contribution in [0.3, 0.4) is 0 Å². The van der Waals surface area contributed by atoms with Gasteiger partial charge in [0, 0.05) is 11.3 Å². The normalized spacial score (nSPS) is 14.4. The first-order valence-electron chi connectivity index (χ1n) is 7.73. The summed E-state index contributed by atoms with van der Waals surface area (Å²) in [6.45, 7) is 18.1. The van der Waals surface area contributed by atoms with Gasteiger partial charge in [-0.2, -0.15) is 0 Å². The maximum absolute atomic E-state index is 12.8. The number of carbonyl (C=O) groups is 2. The number of carboxylic acid groups (broad SMARTS) is 1. The van der Waals surface area contributed by atoms with Crippen molar-refractivity contribution in [2.24, 2.45) is 0 Å². The van der Waals surface area contributed by atoms with Crippen LogP contribution in [0.4, 0.5) is 5.69 Å². The third kappa shape index (κ3) is 4.23. The summed E-state index contributed by atoms with van der Waals surface area (Å²) >= 11 is 0. The quantitative estimate of drug-likeness (QED) is 0.821. The van der Waals surface area contributed by atoms with E-state index in [9.17, 15) is 9.59 Å². The number of hydrogen-bond donors (Lipinski definition) is 1. The molecule has 0 saturated heterocycles. The molecule has 1 heterocycles. The molecule has 25 heavy (non-hydrogen) atoms. The molecule has 1 amide bonds. The highest BCUT2D eigenvalue weighted by Crippen LogP contribution is 2.31. The SMILES string of the molecule is C=C.C=C(C)C1=C(/C=C\C)C(=O)N(c2ccc(C(=O)O)cc2)CC1=C. The molecular formula is C21H23NO3. The van der Waals surface area contributed by atoms with E-state index in [4.69, 9.17) is 5.11 Å². The number of carboxylic acids is 1. The monoisotopic (exact) mass is 337 g/mol. The number of benzene rings is 1. The first-order valence-corrected chi connectivity index (χ1v) is 7.73. The van der Waals surface area contributed by atoms with Crippen molar-refractivity contribution in [3.05, 3.63) is 90.6 Å². The zero-order chi connectivity index (χ0) is 19.1. The largest absolute Gasteiger partial charge is 0.478 e. The van der Waals surface area contributed by atoms with E-state index in [1.54, 1.807) is 29.2 Å². The zero-order valence-corrected chi connectivity index (χ0v) is 14.7. The second-order valence-corrected chi connectivity index (χ2v) is 5.42. The molecule has 1 aliphatic heterocycles. The van der Waals surface area contributed by atoms with Gasteiger partial charge in [0.25, 0.3) is 5.91 Å². The van der Waals surface area contributed by atoms with Crippen LogP contribution in [0.5, 0.6) is 0 Å². The summed E-state index contributed by atoms with van der Waals surface area (Å²) in [5.41, 5.74) is 3.79. The van der Waals surface area contributed by atoms with Crippen LogP contribution in [-0.2, 0) is 4.79 Å². The van der Waals surface area contributed by atoms with Crippen LogP contribution in [0.25, 0.3) is 0 Å². The predicted molar refractivity (Wildman–Crippen MR) is 103 cm³/mol. The van der Waals surface area contributed by atoms with Gasteiger partial charge in [-0.05, 0) is 54.8 Å².